The molecule has 70 valence electrons. The molecule has 7 nitrogen and oxygen atoms in total. The number of urea groups is 1. The van der Waals surface area contributed by atoms with Crippen molar-refractivity contribution in [3.05, 3.63) is 5.53 Å². The molecule has 1 saturated heterocycles. The maximum Gasteiger partial charge on any atom is 0.405 e. The smallest absolute Gasteiger partial charge is 0.361 e. The van der Waals surface area contributed by atoms with E-state index in [2.05, 4.69) is 4.79 Å². The average molecular weight is 184 g/mol. The molecule has 1 unspecified atom stereocenters. The highest BCUT2D eigenvalue weighted by Crippen LogP contribution is 2.04. The van der Waals surface area contributed by atoms with Gasteiger partial charge >= 0.3 is 17.6 Å². The summed E-state index contributed by atoms with van der Waals surface area (Å²) in [7, 11) is 2.72. The van der Waals surface area contributed by atoms with E-state index in [0.29, 0.717) is 0 Å². The summed E-state index contributed by atoms with van der Waals surface area (Å²) in [4.78, 5) is 25.9. The fraction of sp³-hybridized carbons (Fsp3) is 0.500. The molecule has 1 atom stereocenters. The zero-order valence-corrected chi connectivity index (χ0v) is 7.14. The van der Waals surface area contributed by atoms with Crippen molar-refractivity contribution in [2.24, 2.45) is 0 Å². The van der Waals surface area contributed by atoms with Crippen LogP contribution in [-0.4, -0.2) is 47.7 Å². The first-order valence-corrected chi connectivity index (χ1v) is 3.44. The highest BCUT2D eigenvalue weighted by atomic mass is 16.5. The molecule has 0 aliphatic carbocycles. The van der Waals surface area contributed by atoms with Crippen molar-refractivity contribution in [1.82, 2.24) is 10.2 Å². The van der Waals surface area contributed by atoms with Crippen LogP contribution in [0.15, 0.2) is 0 Å². The Morgan fingerprint density at radius 2 is 2.23 bits per heavy atom. The predicted octanol–water partition coefficient (Wildman–Crippen LogP) is -1.19. The molecule has 0 radical (unpaired) electrons. The minimum absolute atomic E-state index is 0.246. The summed E-state index contributed by atoms with van der Waals surface area (Å²) in [5.74, 6) is -0.752. The second kappa shape index (κ2) is 3.34. The second-order valence-corrected chi connectivity index (χ2v) is 2.44. The highest BCUT2D eigenvalue weighted by molar-refractivity contribution is 6.42. The maximum absolute atomic E-state index is 11.0. The van der Waals surface area contributed by atoms with E-state index in [1.807, 2.05) is 5.32 Å². The molecule has 0 aromatic rings. The molecular weight excluding hydrogens is 176 g/mol. The molecule has 0 bridgehead atoms. The van der Waals surface area contributed by atoms with Crippen molar-refractivity contribution < 1.29 is 19.1 Å². The van der Waals surface area contributed by atoms with E-state index >= 15 is 0 Å². The van der Waals surface area contributed by atoms with Crippen LogP contribution in [0.2, 0.25) is 0 Å². The van der Waals surface area contributed by atoms with Crippen LogP contribution in [-0.2, 0) is 9.53 Å². The van der Waals surface area contributed by atoms with Gasteiger partial charge < -0.3 is 10.3 Å². The van der Waals surface area contributed by atoms with Gasteiger partial charge in [0.25, 0.3) is 0 Å². The Morgan fingerprint density at radius 1 is 1.62 bits per heavy atom. The monoisotopic (exact) mass is 184 g/mol. The van der Waals surface area contributed by atoms with Gasteiger partial charge in [-0.2, -0.15) is 4.79 Å². The Hall–Kier alpha value is -1.72. The minimum Gasteiger partial charge on any atom is -0.361 e. The predicted molar refractivity (Wildman–Crippen MR) is 40.7 cm³/mol. The lowest BCUT2D eigenvalue weighted by molar-refractivity contribution is -0.124. The molecule has 13 heavy (non-hydrogen) atoms. The summed E-state index contributed by atoms with van der Waals surface area (Å²) in [5.41, 5.74) is 8.23. The van der Waals surface area contributed by atoms with Crippen LogP contribution in [0.25, 0.3) is 5.53 Å². The molecule has 0 saturated carbocycles. The fourth-order valence-corrected chi connectivity index (χ4v) is 1.02. The zero-order valence-electron chi connectivity index (χ0n) is 7.14. The van der Waals surface area contributed by atoms with E-state index in [1.165, 1.54) is 14.2 Å². The second-order valence-electron chi connectivity index (χ2n) is 2.44. The molecule has 1 aliphatic heterocycles. The van der Waals surface area contributed by atoms with Crippen molar-refractivity contribution in [3.8, 4) is 0 Å². The number of hydrogen-bond acceptors (Lipinski definition) is 3. The van der Waals surface area contributed by atoms with Gasteiger partial charge in [-0.05, 0) is 0 Å². The lowest BCUT2D eigenvalue weighted by atomic mass is 10.2. The van der Waals surface area contributed by atoms with Crippen molar-refractivity contribution in [2.45, 2.75) is 6.23 Å². The number of rotatable bonds is 1. The summed E-state index contributed by atoms with van der Waals surface area (Å²) >= 11 is 0. The summed E-state index contributed by atoms with van der Waals surface area (Å²) in [5, 5.41) is 1.97. The standard InChI is InChI=1S/C6H8N4O3/c1-10-5(13-2)3(9-7)4(11)8-6(10)12/h5H,1-2H3,(H,8,11,12). The normalized spacial score (nSPS) is 22.8. The van der Waals surface area contributed by atoms with Gasteiger partial charge in [-0.3, -0.25) is 15.0 Å². The molecule has 0 spiro atoms. The lowest BCUT2D eigenvalue weighted by Crippen LogP contribution is -2.60. The van der Waals surface area contributed by atoms with Crippen molar-refractivity contribution in [1.29, 1.82) is 0 Å². The first-order chi connectivity index (χ1) is 6.11. The zero-order chi connectivity index (χ0) is 10.0. The van der Waals surface area contributed by atoms with E-state index in [4.69, 9.17) is 10.3 Å². The Balaban J connectivity index is 3.04. The molecule has 1 N–H and O–H groups in total. The van der Waals surface area contributed by atoms with E-state index < -0.39 is 18.2 Å². The molecule has 1 fully saturated rings. The van der Waals surface area contributed by atoms with Crippen LogP contribution in [0, 0.1) is 0 Å². The van der Waals surface area contributed by atoms with Crippen LogP contribution < -0.4 is 5.32 Å². The molecular formula is C6H8N4O3. The largest absolute Gasteiger partial charge is 0.405 e. The van der Waals surface area contributed by atoms with Crippen LogP contribution in [0.4, 0.5) is 4.79 Å². The third kappa shape index (κ3) is 1.42. The van der Waals surface area contributed by atoms with Gasteiger partial charge in [-0.15, -0.1) is 0 Å². The Morgan fingerprint density at radius 3 is 2.69 bits per heavy atom. The SMILES string of the molecule is COC1C(=[N+]=[N-])C(=O)NC(=O)N1C. The van der Waals surface area contributed by atoms with Gasteiger partial charge in [0, 0.05) is 14.2 Å². The van der Waals surface area contributed by atoms with Gasteiger partial charge in [0.2, 0.25) is 6.23 Å². The van der Waals surface area contributed by atoms with Gasteiger partial charge in [-0.1, -0.05) is 0 Å². The van der Waals surface area contributed by atoms with Crippen LogP contribution in [0.1, 0.15) is 0 Å². The number of hydrogen-bond donors (Lipinski definition) is 1. The molecule has 7 heteroatoms. The van der Waals surface area contributed by atoms with Gasteiger partial charge in [0.05, 0.1) is 0 Å². The van der Waals surface area contributed by atoms with Crippen molar-refractivity contribution >= 4 is 17.6 Å². The molecule has 0 aromatic carbocycles. The molecule has 0 aromatic heterocycles. The average Bonchev–Trinajstić information content (AvgIpc) is 2.10. The van der Waals surface area contributed by atoms with Crippen molar-refractivity contribution in [3.63, 3.8) is 0 Å². The summed E-state index contributed by atoms with van der Waals surface area (Å²) < 4.78 is 4.80. The Bertz CT molecular complexity index is 307. The summed E-state index contributed by atoms with van der Waals surface area (Å²) in [6.07, 6.45) is -0.939. The molecule has 3 amide bonds. The topological polar surface area (TPSA) is 95.0 Å². The Labute approximate surface area is 73.9 Å². The van der Waals surface area contributed by atoms with E-state index in [9.17, 15) is 9.59 Å². The van der Waals surface area contributed by atoms with Gasteiger partial charge in [0.1, 0.15) is 0 Å². The molecule has 1 heterocycles. The van der Waals surface area contributed by atoms with Crippen LogP contribution in [0.3, 0.4) is 0 Å². The number of amides is 3. The third-order valence-corrected chi connectivity index (χ3v) is 1.69. The number of carbonyl (C=O) groups excluding carboxylic acids is 2. The van der Waals surface area contributed by atoms with Crippen LogP contribution in [0.5, 0.6) is 0 Å². The number of methoxy groups -OCH3 is 1. The van der Waals surface area contributed by atoms with Gasteiger partial charge in [-0.25, -0.2) is 4.79 Å². The highest BCUT2D eigenvalue weighted by Gasteiger charge is 2.42. The van der Waals surface area contributed by atoms with E-state index in [0.717, 1.165) is 4.90 Å². The number of nitrogens with one attached hydrogen (secondary N) is 1. The van der Waals surface area contributed by atoms with E-state index in [1.54, 1.807) is 0 Å². The minimum atomic E-state index is -0.939. The summed E-state index contributed by atoms with van der Waals surface area (Å²) in [6, 6.07) is -0.593. The summed E-state index contributed by atoms with van der Waals surface area (Å²) in [6.45, 7) is 0. The number of nitrogens with zero attached hydrogens (tertiary/aromatic N) is 3. The van der Waals surface area contributed by atoms with E-state index in [-0.39, 0.29) is 5.71 Å². The first kappa shape index (κ1) is 9.37. The molecule has 1 aliphatic rings. The number of carbonyl (C=O) groups is 2. The lowest BCUT2D eigenvalue weighted by Gasteiger charge is -2.26. The molecule has 1 rings (SSSR count). The number of ether oxygens (including phenoxy) is 1. The third-order valence-electron chi connectivity index (χ3n) is 1.69. The van der Waals surface area contributed by atoms with Crippen LogP contribution >= 0.6 is 0 Å². The fourth-order valence-electron chi connectivity index (χ4n) is 1.02. The quantitative estimate of drug-likeness (QED) is 0.410. The number of imide groups is 1. The maximum atomic E-state index is 11.0. The first-order valence-electron chi connectivity index (χ1n) is 3.44. The van der Waals surface area contributed by atoms with Crippen molar-refractivity contribution in [2.75, 3.05) is 14.2 Å². The van der Waals surface area contributed by atoms with Gasteiger partial charge in [0.15, 0.2) is 0 Å². The Kier molecular flexibility index (Phi) is 2.41.